The number of aromatic nitrogens is 2. The van der Waals surface area contributed by atoms with Crippen molar-refractivity contribution in [3.8, 4) is 5.75 Å². The van der Waals surface area contributed by atoms with E-state index in [-0.39, 0.29) is 42.2 Å². The van der Waals surface area contributed by atoms with Gasteiger partial charge in [-0.05, 0) is 74.5 Å². The van der Waals surface area contributed by atoms with Gasteiger partial charge in [0.1, 0.15) is 11.2 Å². The zero-order valence-electron chi connectivity index (χ0n) is 26.1. The van der Waals surface area contributed by atoms with Crippen molar-refractivity contribution >= 4 is 58.9 Å². The molecule has 2 aromatic heterocycles. The Morgan fingerprint density at radius 2 is 1.60 bits per heavy atom. The highest BCUT2D eigenvalue weighted by Crippen LogP contribution is 2.40. The van der Waals surface area contributed by atoms with Crippen LogP contribution in [0.15, 0.2) is 83.9 Å². The molecule has 4 aromatic rings. The molecule has 240 valence electrons. The molecule has 3 heterocycles. The number of hydrogen-bond donors (Lipinski definition) is 0. The normalized spacial score (nSPS) is 14.1. The summed E-state index contributed by atoms with van der Waals surface area (Å²) in [6, 6.07) is 21.0. The van der Waals surface area contributed by atoms with E-state index in [0.717, 1.165) is 36.0 Å². The summed E-state index contributed by atoms with van der Waals surface area (Å²) in [4.78, 5) is 48.8. The fourth-order valence-electron chi connectivity index (χ4n) is 5.68. The van der Waals surface area contributed by atoms with Gasteiger partial charge in [-0.3, -0.25) is 24.3 Å². The number of ether oxygens (including phenoxy) is 1. The van der Waals surface area contributed by atoms with Crippen LogP contribution in [0, 0.1) is 5.41 Å². The first kappa shape index (κ1) is 35.6. The molecule has 0 saturated carbocycles. The summed E-state index contributed by atoms with van der Waals surface area (Å²) in [5.41, 5.74) is 2.28. The molecule has 0 radical (unpaired) electrons. The van der Waals surface area contributed by atoms with E-state index in [9.17, 15) is 14.4 Å². The smallest absolute Gasteiger partial charge is 0.251 e. The number of rotatable bonds is 11. The fourth-order valence-corrected chi connectivity index (χ4v) is 5.68. The molecule has 0 spiro atoms. The highest BCUT2D eigenvalue weighted by Gasteiger charge is 2.45. The predicted molar refractivity (Wildman–Crippen MR) is 184 cm³/mol. The molecule has 45 heavy (non-hydrogen) atoms. The van der Waals surface area contributed by atoms with Crippen molar-refractivity contribution in [2.45, 2.75) is 40.3 Å². The maximum Gasteiger partial charge on any atom is 0.251 e. The summed E-state index contributed by atoms with van der Waals surface area (Å²) in [6.45, 7) is 8.95. The third-order valence-electron chi connectivity index (χ3n) is 8.12. The number of carbonyl (C=O) groups excluding carboxylic acids is 2. The van der Waals surface area contributed by atoms with E-state index in [1.54, 1.807) is 49.2 Å². The Morgan fingerprint density at radius 1 is 0.867 bits per heavy atom. The van der Waals surface area contributed by atoms with Gasteiger partial charge in [0.05, 0.1) is 23.5 Å². The first-order valence-corrected chi connectivity index (χ1v) is 14.8. The SMILES string of the molecule is CCN1C(=O)C(C)(C)C(=O)N(C)c2cc(OCCCN(CCn3c(=O)ccc4ccccc43)Cc3ccncc3)ccc21.Cl.Cl. The minimum Gasteiger partial charge on any atom is -0.493 e. The molecule has 0 saturated heterocycles. The molecular formula is C34H41Cl2N5O4. The average Bonchev–Trinajstić information content (AvgIpc) is 3.07. The van der Waals surface area contributed by atoms with Gasteiger partial charge < -0.3 is 19.1 Å². The van der Waals surface area contributed by atoms with Crippen molar-refractivity contribution in [2.75, 3.05) is 43.1 Å². The van der Waals surface area contributed by atoms with Gasteiger partial charge in [-0.25, -0.2) is 0 Å². The fraction of sp³-hybridized carbons (Fsp3) is 0.353. The first-order chi connectivity index (χ1) is 20.7. The van der Waals surface area contributed by atoms with E-state index >= 15 is 0 Å². The van der Waals surface area contributed by atoms with Gasteiger partial charge in [0.2, 0.25) is 11.8 Å². The zero-order valence-corrected chi connectivity index (χ0v) is 27.8. The van der Waals surface area contributed by atoms with Crippen molar-refractivity contribution in [1.82, 2.24) is 14.5 Å². The van der Waals surface area contributed by atoms with Crippen molar-refractivity contribution in [3.63, 3.8) is 0 Å². The Morgan fingerprint density at radius 3 is 2.33 bits per heavy atom. The van der Waals surface area contributed by atoms with Gasteiger partial charge in [0, 0.05) is 64.3 Å². The molecule has 0 N–H and O–H groups in total. The lowest BCUT2D eigenvalue weighted by Gasteiger charge is -2.27. The van der Waals surface area contributed by atoms with Crippen LogP contribution in [0.2, 0.25) is 0 Å². The van der Waals surface area contributed by atoms with Crippen LogP contribution >= 0.6 is 24.8 Å². The van der Waals surface area contributed by atoms with Gasteiger partial charge >= 0.3 is 0 Å². The van der Waals surface area contributed by atoms with E-state index in [1.165, 1.54) is 0 Å². The van der Waals surface area contributed by atoms with Crippen LogP contribution in [0.4, 0.5) is 11.4 Å². The molecule has 11 heteroatoms. The van der Waals surface area contributed by atoms with E-state index < -0.39 is 5.41 Å². The molecule has 0 fully saturated rings. The molecule has 2 amide bonds. The molecule has 1 aliphatic heterocycles. The monoisotopic (exact) mass is 653 g/mol. The number of nitrogens with zero attached hydrogens (tertiary/aromatic N) is 5. The van der Waals surface area contributed by atoms with Gasteiger partial charge in [0.25, 0.3) is 5.56 Å². The summed E-state index contributed by atoms with van der Waals surface area (Å²) in [5, 5.41) is 1.04. The van der Waals surface area contributed by atoms with Crippen LogP contribution in [-0.4, -0.2) is 59.6 Å². The highest BCUT2D eigenvalue weighted by atomic mass is 35.5. The molecule has 1 aliphatic rings. The quantitative estimate of drug-likeness (QED) is 0.155. The second-order valence-electron chi connectivity index (χ2n) is 11.4. The Labute approximate surface area is 276 Å². The number of amides is 2. The second-order valence-corrected chi connectivity index (χ2v) is 11.4. The van der Waals surface area contributed by atoms with Crippen LogP contribution in [0.25, 0.3) is 10.9 Å². The largest absolute Gasteiger partial charge is 0.493 e. The van der Waals surface area contributed by atoms with E-state index in [0.29, 0.717) is 43.4 Å². The van der Waals surface area contributed by atoms with Crippen LogP contribution in [0.5, 0.6) is 5.75 Å². The number of anilines is 2. The van der Waals surface area contributed by atoms with E-state index in [2.05, 4.69) is 9.88 Å². The molecular weight excluding hydrogens is 613 g/mol. The minimum atomic E-state index is -1.15. The average molecular weight is 655 g/mol. The molecule has 5 rings (SSSR count). The van der Waals surface area contributed by atoms with Crippen LogP contribution in [0.3, 0.4) is 0 Å². The summed E-state index contributed by atoms with van der Waals surface area (Å²) >= 11 is 0. The van der Waals surface area contributed by atoms with Crippen LogP contribution in [0.1, 0.15) is 32.8 Å². The summed E-state index contributed by atoms with van der Waals surface area (Å²) in [5.74, 6) is 0.188. The van der Waals surface area contributed by atoms with Crippen LogP contribution < -0.4 is 20.1 Å². The van der Waals surface area contributed by atoms with Crippen LogP contribution in [-0.2, 0) is 22.7 Å². The Hall–Kier alpha value is -3.92. The summed E-state index contributed by atoms with van der Waals surface area (Å²) in [6.07, 6.45) is 4.34. The van der Waals surface area contributed by atoms with Gasteiger partial charge in [-0.15, -0.1) is 24.8 Å². The van der Waals surface area contributed by atoms with E-state index in [1.807, 2.05) is 72.2 Å². The highest BCUT2D eigenvalue weighted by molar-refractivity contribution is 6.20. The second kappa shape index (κ2) is 15.4. The standard InChI is InChI=1S/C34H39N5O4.2ClH/c1-5-38-29-13-12-27(23-30(29)36(4)32(41)34(2,3)33(38)42)43-22-8-19-37(24-25-15-17-35-18-16-25)20-21-39-28-10-7-6-9-26(28)11-14-31(39)40;;/h6-7,9-18,23H,5,8,19-22,24H2,1-4H3;2*1H. The maximum absolute atomic E-state index is 13.2. The Bertz CT molecular complexity index is 1680. The van der Waals surface area contributed by atoms with Gasteiger partial charge in [-0.1, -0.05) is 18.2 Å². The molecule has 0 aliphatic carbocycles. The number of pyridine rings is 2. The third kappa shape index (κ3) is 7.66. The number of para-hydroxylation sites is 1. The Balaban J connectivity index is 0.00000276. The van der Waals surface area contributed by atoms with Crippen molar-refractivity contribution < 1.29 is 14.3 Å². The summed E-state index contributed by atoms with van der Waals surface area (Å²) < 4.78 is 7.99. The molecule has 2 aromatic carbocycles. The predicted octanol–water partition coefficient (Wildman–Crippen LogP) is 5.57. The molecule has 0 bridgehead atoms. The topological polar surface area (TPSA) is 88.0 Å². The first-order valence-electron chi connectivity index (χ1n) is 14.8. The lowest BCUT2D eigenvalue weighted by Crippen LogP contribution is -2.47. The third-order valence-corrected chi connectivity index (χ3v) is 8.12. The number of carbonyl (C=O) groups is 2. The van der Waals surface area contributed by atoms with Gasteiger partial charge in [0.15, 0.2) is 0 Å². The lowest BCUT2D eigenvalue weighted by atomic mass is 9.90. The van der Waals surface area contributed by atoms with Crippen molar-refractivity contribution in [3.05, 3.63) is 95.0 Å². The zero-order chi connectivity index (χ0) is 30.6. The van der Waals surface area contributed by atoms with E-state index in [4.69, 9.17) is 4.74 Å². The van der Waals surface area contributed by atoms with Gasteiger partial charge in [-0.2, -0.15) is 0 Å². The number of hydrogen-bond acceptors (Lipinski definition) is 6. The maximum atomic E-state index is 13.2. The number of fused-ring (bicyclic) bond motifs is 2. The minimum absolute atomic E-state index is 0. The molecule has 9 nitrogen and oxygen atoms in total. The Kier molecular flexibility index (Phi) is 12.2. The number of halogens is 2. The number of benzene rings is 2. The summed E-state index contributed by atoms with van der Waals surface area (Å²) in [7, 11) is 1.71. The molecule has 0 unspecified atom stereocenters. The van der Waals surface area contributed by atoms with Crippen molar-refractivity contribution in [1.29, 1.82) is 0 Å². The molecule has 0 atom stereocenters. The van der Waals surface area contributed by atoms with Crippen molar-refractivity contribution in [2.24, 2.45) is 5.41 Å². The lowest BCUT2D eigenvalue weighted by molar-refractivity contribution is -0.137.